The molecule has 0 fully saturated rings. The highest BCUT2D eigenvalue weighted by molar-refractivity contribution is 4.66. The summed E-state index contributed by atoms with van der Waals surface area (Å²) in [6.07, 6.45) is 14.0. The second kappa shape index (κ2) is 13.9. The molecular formula is C18H39NO. The Labute approximate surface area is 128 Å². The van der Waals surface area contributed by atoms with E-state index in [0.29, 0.717) is 6.10 Å². The maximum absolute atomic E-state index is 5.63. The second-order valence-electron chi connectivity index (χ2n) is 6.59. The van der Waals surface area contributed by atoms with Crippen molar-refractivity contribution in [2.24, 2.45) is 0 Å². The molecule has 122 valence electrons. The van der Waals surface area contributed by atoms with Crippen LogP contribution >= 0.6 is 0 Å². The molecule has 0 rings (SSSR count). The van der Waals surface area contributed by atoms with Crippen LogP contribution in [0.2, 0.25) is 0 Å². The van der Waals surface area contributed by atoms with E-state index in [1.165, 1.54) is 64.2 Å². The summed E-state index contributed by atoms with van der Waals surface area (Å²) in [6, 6.07) is 0.737. The van der Waals surface area contributed by atoms with Crippen molar-refractivity contribution in [3.05, 3.63) is 0 Å². The summed E-state index contributed by atoms with van der Waals surface area (Å²) in [5.41, 5.74) is 0. The maximum Gasteiger partial charge on any atom is 0.0518 e. The molecule has 0 aliphatic rings. The second-order valence-corrected chi connectivity index (χ2v) is 6.59. The molecule has 2 nitrogen and oxygen atoms in total. The van der Waals surface area contributed by atoms with Gasteiger partial charge in [0.2, 0.25) is 0 Å². The largest absolute Gasteiger partial charge is 0.379 e. The van der Waals surface area contributed by atoms with Gasteiger partial charge in [0.25, 0.3) is 0 Å². The van der Waals surface area contributed by atoms with Crippen molar-refractivity contribution in [2.75, 3.05) is 20.7 Å². The molecule has 1 atom stereocenters. The van der Waals surface area contributed by atoms with Crippen LogP contribution in [0.4, 0.5) is 0 Å². The van der Waals surface area contributed by atoms with Gasteiger partial charge in [0.05, 0.1) is 6.10 Å². The van der Waals surface area contributed by atoms with Crippen LogP contribution in [0, 0.1) is 0 Å². The highest BCUT2D eigenvalue weighted by Gasteiger charge is 2.10. The average molecular weight is 286 g/mol. The molecule has 0 bridgehead atoms. The highest BCUT2D eigenvalue weighted by Crippen LogP contribution is 2.15. The smallest absolute Gasteiger partial charge is 0.0518 e. The first-order valence-corrected chi connectivity index (χ1v) is 8.86. The van der Waals surface area contributed by atoms with Crippen molar-refractivity contribution < 1.29 is 4.74 Å². The molecule has 0 aliphatic heterocycles. The Hall–Kier alpha value is -0.0800. The molecule has 1 unspecified atom stereocenters. The molecule has 0 aliphatic carbocycles. The van der Waals surface area contributed by atoms with E-state index in [0.717, 1.165) is 12.6 Å². The quantitative estimate of drug-likeness (QED) is 0.403. The molecule has 2 heteroatoms. The maximum atomic E-state index is 5.63. The number of hydrogen-bond donors (Lipinski definition) is 0. The summed E-state index contributed by atoms with van der Waals surface area (Å²) in [4.78, 5) is 2.40. The SMILES string of the molecule is CCCCCCCCCC(CCCOC(C)C)N(C)C. The van der Waals surface area contributed by atoms with Crippen LogP contribution < -0.4 is 0 Å². The van der Waals surface area contributed by atoms with E-state index >= 15 is 0 Å². The van der Waals surface area contributed by atoms with Crippen molar-refractivity contribution in [1.29, 1.82) is 0 Å². The van der Waals surface area contributed by atoms with Gasteiger partial charge in [0.1, 0.15) is 0 Å². The predicted octanol–water partition coefficient (Wildman–Crippen LogP) is 5.26. The van der Waals surface area contributed by atoms with Gasteiger partial charge in [-0.15, -0.1) is 0 Å². The molecule has 0 N–H and O–H groups in total. The Morgan fingerprint density at radius 2 is 1.35 bits per heavy atom. The minimum Gasteiger partial charge on any atom is -0.379 e. The predicted molar refractivity (Wildman–Crippen MR) is 90.4 cm³/mol. The zero-order chi connectivity index (χ0) is 15.2. The number of ether oxygens (including phenoxy) is 1. The Balaban J connectivity index is 3.54. The van der Waals surface area contributed by atoms with Gasteiger partial charge in [-0.2, -0.15) is 0 Å². The van der Waals surface area contributed by atoms with E-state index in [9.17, 15) is 0 Å². The van der Waals surface area contributed by atoms with E-state index in [1.54, 1.807) is 0 Å². The molecule has 0 aromatic heterocycles. The highest BCUT2D eigenvalue weighted by atomic mass is 16.5. The zero-order valence-corrected chi connectivity index (χ0v) is 14.8. The van der Waals surface area contributed by atoms with Crippen molar-refractivity contribution in [3.8, 4) is 0 Å². The van der Waals surface area contributed by atoms with Crippen molar-refractivity contribution in [2.45, 2.75) is 97.1 Å². The van der Waals surface area contributed by atoms with E-state index in [-0.39, 0.29) is 0 Å². The summed E-state index contributed by atoms with van der Waals surface area (Å²) in [6.45, 7) is 7.42. The number of rotatable bonds is 14. The van der Waals surface area contributed by atoms with Crippen LogP contribution in [0.15, 0.2) is 0 Å². The summed E-state index contributed by atoms with van der Waals surface area (Å²) in [5.74, 6) is 0. The molecule has 0 aromatic rings. The van der Waals surface area contributed by atoms with Gasteiger partial charge < -0.3 is 9.64 Å². The lowest BCUT2D eigenvalue weighted by molar-refractivity contribution is 0.0714. The topological polar surface area (TPSA) is 12.5 Å². The molecular weight excluding hydrogens is 246 g/mol. The van der Waals surface area contributed by atoms with E-state index in [2.05, 4.69) is 39.8 Å². The third-order valence-electron chi connectivity index (χ3n) is 4.00. The fourth-order valence-corrected chi connectivity index (χ4v) is 2.64. The lowest BCUT2D eigenvalue weighted by atomic mass is 10.0. The van der Waals surface area contributed by atoms with Gasteiger partial charge in [-0.1, -0.05) is 51.9 Å². The third-order valence-corrected chi connectivity index (χ3v) is 4.00. The van der Waals surface area contributed by atoms with Crippen LogP contribution in [-0.2, 0) is 4.74 Å². The van der Waals surface area contributed by atoms with E-state index in [4.69, 9.17) is 4.74 Å². The Bertz CT molecular complexity index is 192. The molecule has 20 heavy (non-hydrogen) atoms. The number of hydrogen-bond acceptors (Lipinski definition) is 2. The van der Waals surface area contributed by atoms with Crippen LogP contribution in [0.3, 0.4) is 0 Å². The van der Waals surface area contributed by atoms with Gasteiger partial charge >= 0.3 is 0 Å². The zero-order valence-electron chi connectivity index (χ0n) is 14.8. The average Bonchev–Trinajstić information content (AvgIpc) is 2.39. The fourth-order valence-electron chi connectivity index (χ4n) is 2.64. The third kappa shape index (κ3) is 12.9. The Kier molecular flexibility index (Phi) is 13.8. The number of unbranched alkanes of at least 4 members (excludes halogenated alkanes) is 6. The van der Waals surface area contributed by atoms with E-state index in [1.807, 2.05) is 0 Å². The van der Waals surface area contributed by atoms with Crippen molar-refractivity contribution in [3.63, 3.8) is 0 Å². The van der Waals surface area contributed by atoms with Crippen LogP contribution in [0.1, 0.15) is 85.0 Å². The fraction of sp³-hybridized carbons (Fsp3) is 1.00. The van der Waals surface area contributed by atoms with Crippen molar-refractivity contribution in [1.82, 2.24) is 4.90 Å². The first-order valence-electron chi connectivity index (χ1n) is 8.86. The van der Waals surface area contributed by atoms with Gasteiger partial charge in [-0.25, -0.2) is 0 Å². The normalized spacial score (nSPS) is 13.3. The standard InChI is InChI=1S/C18H39NO/c1-6-7-8-9-10-11-12-14-18(19(4)5)15-13-16-20-17(2)3/h17-18H,6-16H2,1-5H3. The first kappa shape index (κ1) is 19.9. The van der Waals surface area contributed by atoms with Gasteiger partial charge in [-0.05, 0) is 47.2 Å². The van der Waals surface area contributed by atoms with Crippen LogP contribution in [0.5, 0.6) is 0 Å². The number of nitrogens with zero attached hydrogens (tertiary/aromatic N) is 1. The summed E-state index contributed by atoms with van der Waals surface area (Å²) >= 11 is 0. The minimum atomic E-state index is 0.371. The molecule has 0 heterocycles. The molecule has 0 saturated heterocycles. The minimum absolute atomic E-state index is 0.371. The molecule has 0 amide bonds. The molecule has 0 spiro atoms. The Morgan fingerprint density at radius 1 is 0.800 bits per heavy atom. The molecule has 0 aromatic carbocycles. The lowest BCUT2D eigenvalue weighted by Gasteiger charge is -2.24. The van der Waals surface area contributed by atoms with Crippen molar-refractivity contribution >= 4 is 0 Å². The summed E-state index contributed by atoms with van der Waals surface area (Å²) in [5, 5.41) is 0. The monoisotopic (exact) mass is 285 g/mol. The van der Waals surface area contributed by atoms with Gasteiger partial charge in [-0.3, -0.25) is 0 Å². The van der Waals surface area contributed by atoms with Crippen LogP contribution in [-0.4, -0.2) is 37.7 Å². The van der Waals surface area contributed by atoms with Crippen LogP contribution in [0.25, 0.3) is 0 Å². The summed E-state index contributed by atoms with van der Waals surface area (Å²) in [7, 11) is 4.43. The molecule has 0 saturated carbocycles. The lowest BCUT2D eigenvalue weighted by Crippen LogP contribution is -2.28. The summed E-state index contributed by atoms with van der Waals surface area (Å²) < 4.78 is 5.63. The first-order chi connectivity index (χ1) is 9.57. The van der Waals surface area contributed by atoms with Gasteiger partial charge in [0, 0.05) is 12.6 Å². The Morgan fingerprint density at radius 3 is 1.90 bits per heavy atom. The van der Waals surface area contributed by atoms with Gasteiger partial charge in [0.15, 0.2) is 0 Å². The molecule has 0 radical (unpaired) electrons. The van der Waals surface area contributed by atoms with E-state index < -0.39 is 0 Å².